The highest BCUT2D eigenvalue weighted by Crippen LogP contribution is 2.21. The van der Waals surface area contributed by atoms with E-state index in [1.807, 2.05) is 0 Å². The topological polar surface area (TPSA) is 197 Å². The predicted molar refractivity (Wildman–Crippen MR) is 124 cm³/mol. The van der Waals surface area contributed by atoms with E-state index in [0.29, 0.717) is 36.9 Å². The van der Waals surface area contributed by atoms with E-state index in [1.165, 1.54) is 5.48 Å². The molecule has 34 heavy (non-hydrogen) atoms. The molecule has 3 amide bonds. The highest BCUT2D eigenvalue weighted by atomic mass is 16.5. The minimum absolute atomic E-state index is 0.183. The largest absolute Gasteiger partial charge is 0.480 e. The third kappa shape index (κ3) is 7.37. The number of hydrogen-bond donors (Lipinski definition) is 7. The zero-order valence-corrected chi connectivity index (χ0v) is 18.5. The van der Waals surface area contributed by atoms with E-state index in [-0.39, 0.29) is 6.54 Å². The molecule has 0 aliphatic carbocycles. The van der Waals surface area contributed by atoms with Crippen molar-refractivity contribution in [2.24, 2.45) is 11.5 Å². The van der Waals surface area contributed by atoms with Crippen LogP contribution >= 0.6 is 0 Å². The van der Waals surface area contributed by atoms with Crippen LogP contribution < -0.4 is 27.6 Å². The maximum Gasteiger partial charge on any atom is 0.326 e. The number of amides is 3. The number of hydroxylamine groups is 1. The summed E-state index contributed by atoms with van der Waals surface area (Å²) in [5, 5.41) is 22.9. The lowest BCUT2D eigenvalue weighted by molar-refractivity contribution is -0.139. The Balaban J connectivity index is 2.04. The van der Waals surface area contributed by atoms with Crippen LogP contribution in [0.5, 0.6) is 0 Å². The predicted octanol–water partition coefficient (Wildman–Crippen LogP) is 0.228. The summed E-state index contributed by atoms with van der Waals surface area (Å²) in [5.41, 5.74) is 14.5. The Hall–Kier alpha value is -3.80. The van der Waals surface area contributed by atoms with Gasteiger partial charge in [-0.2, -0.15) is 0 Å². The van der Waals surface area contributed by atoms with E-state index in [2.05, 4.69) is 10.6 Å². The molecule has 0 aliphatic rings. The van der Waals surface area contributed by atoms with Gasteiger partial charge in [0, 0.05) is 17.7 Å². The van der Waals surface area contributed by atoms with Crippen LogP contribution in [0, 0.1) is 0 Å². The average molecular weight is 472 g/mol. The van der Waals surface area contributed by atoms with Crippen LogP contribution in [0.1, 0.15) is 40.0 Å². The lowest BCUT2D eigenvalue weighted by atomic mass is 10.0. The first-order chi connectivity index (χ1) is 16.3. The first kappa shape index (κ1) is 26.5. The molecule has 0 bridgehead atoms. The van der Waals surface area contributed by atoms with Crippen LogP contribution in [0.2, 0.25) is 0 Å². The minimum Gasteiger partial charge on any atom is -0.480 e. The summed E-state index contributed by atoms with van der Waals surface area (Å²) in [6.07, 6.45) is 1.58. The van der Waals surface area contributed by atoms with Crippen molar-refractivity contribution in [1.82, 2.24) is 16.1 Å². The first-order valence-corrected chi connectivity index (χ1v) is 10.7. The molecule has 2 aromatic carbocycles. The lowest BCUT2D eigenvalue weighted by Gasteiger charge is -2.15. The standard InChI is InChI=1S/C23H29N5O6/c24-12-2-1-3-18(23(32)33)26-20(29)16-8-4-14(5-9-16)15-6-10-17(11-7-15)21(30)27-19(13-25)22(31)28-34/h4-11,18-19,34H,1-3,12-13,24-25H2,(H,26,29)(H,27,30)(H,28,31)(H,32,33)/t18?,19-/m0/s1. The first-order valence-electron chi connectivity index (χ1n) is 10.7. The van der Waals surface area contributed by atoms with E-state index in [4.69, 9.17) is 16.7 Å². The van der Waals surface area contributed by atoms with Gasteiger partial charge in [0.25, 0.3) is 17.7 Å². The molecule has 0 radical (unpaired) electrons. The van der Waals surface area contributed by atoms with Crippen molar-refractivity contribution in [2.75, 3.05) is 13.1 Å². The quantitative estimate of drug-likeness (QED) is 0.130. The molecule has 182 valence electrons. The maximum absolute atomic E-state index is 12.4. The normalized spacial score (nSPS) is 12.3. The van der Waals surface area contributed by atoms with Crippen LogP contribution in [0.15, 0.2) is 48.5 Å². The van der Waals surface area contributed by atoms with Crippen LogP contribution in [0.3, 0.4) is 0 Å². The van der Waals surface area contributed by atoms with Gasteiger partial charge in [-0.25, -0.2) is 10.3 Å². The number of hydrogen-bond acceptors (Lipinski definition) is 7. The number of rotatable bonds is 12. The summed E-state index contributed by atoms with van der Waals surface area (Å²) in [4.78, 5) is 47.6. The number of benzene rings is 2. The number of nitrogens with one attached hydrogen (secondary N) is 3. The monoisotopic (exact) mass is 471 g/mol. The summed E-state index contributed by atoms with van der Waals surface area (Å²) in [6, 6.07) is 11.1. The Morgan fingerprint density at radius 2 is 1.24 bits per heavy atom. The summed E-state index contributed by atoms with van der Waals surface area (Å²) >= 11 is 0. The third-order valence-corrected chi connectivity index (χ3v) is 5.15. The molecule has 1 unspecified atom stereocenters. The summed E-state index contributed by atoms with van der Waals surface area (Å²) in [6.45, 7) is 0.277. The zero-order valence-electron chi connectivity index (χ0n) is 18.5. The van der Waals surface area contributed by atoms with Gasteiger partial charge in [-0.15, -0.1) is 0 Å². The smallest absolute Gasteiger partial charge is 0.326 e. The van der Waals surface area contributed by atoms with Crippen molar-refractivity contribution >= 4 is 23.7 Å². The molecular formula is C23H29N5O6. The zero-order chi connectivity index (χ0) is 25.1. The van der Waals surface area contributed by atoms with Crippen molar-refractivity contribution in [1.29, 1.82) is 0 Å². The highest BCUT2D eigenvalue weighted by Gasteiger charge is 2.21. The number of unbranched alkanes of at least 4 members (excludes halogenated alkanes) is 1. The second-order valence-electron chi connectivity index (χ2n) is 7.54. The van der Waals surface area contributed by atoms with E-state index < -0.39 is 35.8 Å². The lowest BCUT2D eigenvalue weighted by Crippen LogP contribution is -2.50. The van der Waals surface area contributed by atoms with Crippen molar-refractivity contribution < 1.29 is 29.5 Å². The Kier molecular flexibility index (Phi) is 10.1. The molecule has 2 aromatic rings. The molecule has 11 nitrogen and oxygen atoms in total. The Morgan fingerprint density at radius 3 is 1.62 bits per heavy atom. The van der Waals surface area contributed by atoms with Gasteiger partial charge < -0.3 is 27.2 Å². The van der Waals surface area contributed by atoms with Crippen molar-refractivity contribution in [3.8, 4) is 11.1 Å². The van der Waals surface area contributed by atoms with Gasteiger partial charge in [0.05, 0.1) is 0 Å². The van der Waals surface area contributed by atoms with E-state index in [1.54, 1.807) is 48.5 Å². The number of carboxylic acids is 1. The highest BCUT2D eigenvalue weighted by molar-refractivity contribution is 5.98. The number of carboxylic acid groups (broad SMARTS) is 1. The third-order valence-electron chi connectivity index (χ3n) is 5.15. The summed E-state index contributed by atoms with van der Waals surface area (Å²) < 4.78 is 0. The second-order valence-corrected chi connectivity index (χ2v) is 7.54. The fourth-order valence-corrected chi connectivity index (χ4v) is 3.17. The molecule has 0 saturated carbocycles. The van der Waals surface area contributed by atoms with E-state index >= 15 is 0 Å². The molecule has 0 aromatic heterocycles. The van der Waals surface area contributed by atoms with E-state index in [0.717, 1.165) is 11.1 Å². The molecule has 0 heterocycles. The summed E-state index contributed by atoms with van der Waals surface area (Å²) in [7, 11) is 0. The van der Waals surface area contributed by atoms with Gasteiger partial charge in [-0.05, 0) is 61.2 Å². The van der Waals surface area contributed by atoms with Crippen LogP contribution in [0.4, 0.5) is 0 Å². The van der Waals surface area contributed by atoms with Gasteiger partial charge in [0.2, 0.25) is 0 Å². The minimum atomic E-state index is -1.10. The van der Waals surface area contributed by atoms with Crippen molar-refractivity contribution in [3.05, 3.63) is 59.7 Å². The SMILES string of the molecule is NCCCCC(NC(=O)c1ccc(-c2ccc(C(=O)N[C@@H](CN)C(=O)NO)cc2)cc1)C(=O)O. The molecule has 0 spiro atoms. The molecule has 0 aliphatic heterocycles. The maximum atomic E-state index is 12.4. The Bertz CT molecular complexity index is 994. The number of carbonyl (C=O) groups is 4. The van der Waals surface area contributed by atoms with Gasteiger partial charge in [-0.1, -0.05) is 24.3 Å². The fraction of sp³-hybridized carbons (Fsp3) is 0.304. The van der Waals surface area contributed by atoms with Crippen LogP contribution in [0.25, 0.3) is 11.1 Å². The molecule has 2 atom stereocenters. The van der Waals surface area contributed by atoms with Gasteiger partial charge in [0.15, 0.2) is 0 Å². The Morgan fingerprint density at radius 1 is 0.765 bits per heavy atom. The van der Waals surface area contributed by atoms with Gasteiger partial charge in [0.1, 0.15) is 12.1 Å². The fourth-order valence-electron chi connectivity index (χ4n) is 3.17. The van der Waals surface area contributed by atoms with Crippen molar-refractivity contribution in [3.63, 3.8) is 0 Å². The van der Waals surface area contributed by atoms with Gasteiger partial charge in [-0.3, -0.25) is 19.6 Å². The molecule has 0 saturated heterocycles. The number of carbonyl (C=O) groups excluding carboxylic acids is 3. The molecular weight excluding hydrogens is 442 g/mol. The Labute approximate surface area is 196 Å². The summed E-state index contributed by atoms with van der Waals surface area (Å²) in [5.74, 6) is -2.93. The van der Waals surface area contributed by atoms with Crippen molar-refractivity contribution in [2.45, 2.75) is 31.3 Å². The molecule has 2 rings (SSSR count). The number of aliphatic carboxylic acids is 1. The van der Waals surface area contributed by atoms with E-state index in [9.17, 15) is 24.3 Å². The van der Waals surface area contributed by atoms with Crippen LogP contribution in [-0.2, 0) is 9.59 Å². The molecule has 9 N–H and O–H groups in total. The molecule has 0 fully saturated rings. The average Bonchev–Trinajstić information content (AvgIpc) is 2.86. The van der Waals surface area contributed by atoms with Gasteiger partial charge >= 0.3 is 5.97 Å². The number of nitrogens with two attached hydrogens (primary N) is 2. The second kappa shape index (κ2) is 13.0. The van der Waals surface area contributed by atoms with Crippen LogP contribution in [-0.4, -0.2) is 59.2 Å². The molecule has 11 heteroatoms.